The number of hydrogen-bond donors (Lipinski definition) is 0. The second-order valence-electron chi connectivity index (χ2n) is 8.32. The predicted octanol–water partition coefficient (Wildman–Crippen LogP) is 8.18. The second-order valence-corrected chi connectivity index (χ2v) is 10.6. The van der Waals surface area contributed by atoms with Crippen LogP contribution in [0.5, 0.6) is 11.5 Å². The van der Waals surface area contributed by atoms with E-state index in [1.165, 1.54) is 18.2 Å². The summed E-state index contributed by atoms with van der Waals surface area (Å²) < 4.78 is 27.3. The van der Waals surface area contributed by atoms with Gasteiger partial charge >= 0.3 is 0 Å². The van der Waals surface area contributed by atoms with Crippen molar-refractivity contribution in [2.45, 2.75) is 26.5 Å². The normalized spacial score (nSPS) is 14.3. The van der Waals surface area contributed by atoms with Gasteiger partial charge in [0.25, 0.3) is 11.1 Å². The number of benzene rings is 3. The van der Waals surface area contributed by atoms with Gasteiger partial charge in [-0.05, 0) is 78.7 Å². The zero-order valence-electron chi connectivity index (χ0n) is 20.5. The monoisotopic (exact) mass is 615 g/mol. The minimum atomic E-state index is -0.574. The van der Waals surface area contributed by atoms with Crippen LogP contribution in [0.15, 0.2) is 76.6 Å². The minimum absolute atomic E-state index is 0.0943. The first-order valence-corrected chi connectivity index (χ1v) is 13.8. The highest BCUT2D eigenvalue weighted by atomic mass is 79.9. The molecular formula is C29H24BrClFNO4S. The summed E-state index contributed by atoms with van der Waals surface area (Å²) in [7, 11) is 0. The van der Waals surface area contributed by atoms with E-state index in [-0.39, 0.29) is 22.0 Å². The standard InChI is InChI=1S/C29H24BrClFNO4S/c1-3-6-20-13-19(14-25(36-4-2)27(20)37-17-18-9-11-21(30)12-10-18)15-26-28(34)33(29(35)38-26)16-22-23(31)7-5-8-24(22)32/h3,5,7-15H,1,4,6,16-17H2,2H3/b26-15-. The van der Waals surface area contributed by atoms with Crippen LogP contribution in [0.4, 0.5) is 9.18 Å². The Labute approximate surface area is 238 Å². The average Bonchev–Trinajstić information content (AvgIpc) is 3.14. The van der Waals surface area contributed by atoms with Crippen molar-refractivity contribution >= 4 is 56.5 Å². The molecule has 1 heterocycles. The number of amides is 2. The lowest BCUT2D eigenvalue weighted by atomic mass is 10.0. The molecule has 1 saturated heterocycles. The largest absolute Gasteiger partial charge is 0.490 e. The number of ether oxygens (including phenoxy) is 2. The molecule has 0 radical (unpaired) electrons. The summed E-state index contributed by atoms with van der Waals surface area (Å²) in [6, 6.07) is 15.7. The fourth-order valence-corrected chi connectivity index (χ4v) is 5.19. The third-order valence-corrected chi connectivity index (χ3v) is 7.45. The molecule has 0 saturated carbocycles. The fourth-order valence-electron chi connectivity index (χ4n) is 3.87. The van der Waals surface area contributed by atoms with E-state index in [0.717, 1.165) is 32.3 Å². The van der Waals surface area contributed by atoms with Gasteiger partial charge in [-0.15, -0.1) is 6.58 Å². The number of allylic oxidation sites excluding steroid dienone is 1. The van der Waals surface area contributed by atoms with Gasteiger partial charge in [0.05, 0.1) is 18.1 Å². The maximum atomic E-state index is 14.3. The van der Waals surface area contributed by atoms with Crippen LogP contribution >= 0.6 is 39.3 Å². The molecule has 38 heavy (non-hydrogen) atoms. The van der Waals surface area contributed by atoms with Crippen molar-refractivity contribution in [1.82, 2.24) is 4.90 Å². The van der Waals surface area contributed by atoms with E-state index in [4.69, 9.17) is 21.1 Å². The quantitative estimate of drug-likeness (QED) is 0.170. The zero-order valence-corrected chi connectivity index (χ0v) is 23.7. The molecule has 2 amide bonds. The summed E-state index contributed by atoms with van der Waals surface area (Å²) >= 11 is 10.3. The van der Waals surface area contributed by atoms with Gasteiger partial charge in [0.15, 0.2) is 11.5 Å². The maximum absolute atomic E-state index is 14.3. The number of rotatable bonds is 10. The number of hydrogen-bond acceptors (Lipinski definition) is 5. The van der Waals surface area contributed by atoms with Gasteiger partial charge in [0.1, 0.15) is 12.4 Å². The van der Waals surface area contributed by atoms with Crippen LogP contribution in [0.1, 0.15) is 29.2 Å². The summed E-state index contributed by atoms with van der Waals surface area (Å²) in [5, 5.41) is -0.339. The van der Waals surface area contributed by atoms with Crippen LogP contribution < -0.4 is 9.47 Å². The molecule has 4 rings (SSSR count). The Bertz CT molecular complexity index is 1390. The van der Waals surface area contributed by atoms with Crippen LogP contribution in [-0.2, 0) is 24.4 Å². The number of nitrogens with zero attached hydrogens (tertiary/aromatic N) is 1. The summed E-state index contributed by atoms with van der Waals surface area (Å²) in [5.41, 5.74) is 2.58. The van der Waals surface area contributed by atoms with Crippen molar-refractivity contribution in [3.63, 3.8) is 0 Å². The third-order valence-electron chi connectivity index (χ3n) is 5.66. The molecule has 0 aliphatic carbocycles. The van der Waals surface area contributed by atoms with Crippen LogP contribution in [0.3, 0.4) is 0 Å². The van der Waals surface area contributed by atoms with E-state index < -0.39 is 17.0 Å². The van der Waals surface area contributed by atoms with Crippen molar-refractivity contribution in [1.29, 1.82) is 0 Å². The van der Waals surface area contributed by atoms with E-state index >= 15 is 0 Å². The topological polar surface area (TPSA) is 55.8 Å². The first kappa shape index (κ1) is 28.0. The summed E-state index contributed by atoms with van der Waals surface area (Å²) in [4.78, 5) is 27.0. The summed E-state index contributed by atoms with van der Waals surface area (Å²) in [6.07, 6.45) is 3.89. The first-order chi connectivity index (χ1) is 18.3. The fraction of sp³-hybridized carbons (Fsp3) is 0.172. The summed E-state index contributed by atoms with van der Waals surface area (Å²) in [5.74, 6) is 0.0227. The van der Waals surface area contributed by atoms with Crippen LogP contribution in [0.25, 0.3) is 6.08 Å². The highest BCUT2D eigenvalue weighted by molar-refractivity contribution is 9.10. The molecule has 196 valence electrons. The highest BCUT2D eigenvalue weighted by Crippen LogP contribution is 2.38. The van der Waals surface area contributed by atoms with Gasteiger partial charge in [0, 0.05) is 20.6 Å². The Kier molecular flexibility index (Phi) is 9.31. The molecule has 9 heteroatoms. The van der Waals surface area contributed by atoms with Gasteiger partial charge in [-0.3, -0.25) is 14.5 Å². The Morgan fingerprint density at radius 2 is 1.89 bits per heavy atom. The van der Waals surface area contributed by atoms with E-state index in [0.29, 0.717) is 36.7 Å². The van der Waals surface area contributed by atoms with Gasteiger partial charge in [-0.1, -0.05) is 51.8 Å². The highest BCUT2D eigenvalue weighted by Gasteiger charge is 2.36. The van der Waals surface area contributed by atoms with Crippen LogP contribution in [0, 0.1) is 5.82 Å². The van der Waals surface area contributed by atoms with E-state index in [9.17, 15) is 14.0 Å². The van der Waals surface area contributed by atoms with Gasteiger partial charge in [-0.2, -0.15) is 0 Å². The smallest absolute Gasteiger partial charge is 0.293 e. The van der Waals surface area contributed by atoms with Crippen molar-refractivity contribution in [2.75, 3.05) is 6.61 Å². The molecule has 0 aromatic heterocycles. The molecule has 1 aliphatic rings. The predicted molar refractivity (Wildman–Crippen MR) is 153 cm³/mol. The van der Waals surface area contributed by atoms with E-state index in [1.54, 1.807) is 18.2 Å². The van der Waals surface area contributed by atoms with Crippen LogP contribution in [-0.4, -0.2) is 22.7 Å². The van der Waals surface area contributed by atoms with Crippen molar-refractivity contribution in [3.8, 4) is 11.5 Å². The number of carbonyl (C=O) groups excluding carboxylic acids is 2. The molecule has 0 spiro atoms. The van der Waals surface area contributed by atoms with Crippen LogP contribution in [0.2, 0.25) is 5.02 Å². The molecule has 0 bridgehead atoms. The maximum Gasteiger partial charge on any atom is 0.293 e. The minimum Gasteiger partial charge on any atom is -0.490 e. The molecule has 3 aromatic rings. The molecule has 1 aliphatic heterocycles. The lowest BCUT2D eigenvalue weighted by molar-refractivity contribution is -0.123. The Morgan fingerprint density at radius 1 is 1.13 bits per heavy atom. The van der Waals surface area contributed by atoms with Gasteiger partial charge < -0.3 is 9.47 Å². The molecule has 0 atom stereocenters. The Morgan fingerprint density at radius 3 is 2.58 bits per heavy atom. The number of imide groups is 1. The summed E-state index contributed by atoms with van der Waals surface area (Å²) in [6.45, 7) is 6.23. The SMILES string of the molecule is C=CCc1cc(/C=C2\SC(=O)N(Cc3c(F)cccc3Cl)C2=O)cc(OCC)c1OCc1ccc(Br)cc1. The van der Waals surface area contributed by atoms with Crippen molar-refractivity contribution in [3.05, 3.63) is 110 Å². The Balaban J connectivity index is 1.62. The van der Waals surface area contributed by atoms with Gasteiger partial charge in [-0.25, -0.2) is 4.39 Å². The zero-order chi connectivity index (χ0) is 27.2. The molecule has 0 unspecified atom stereocenters. The molecule has 1 fully saturated rings. The lowest BCUT2D eigenvalue weighted by Gasteiger charge is -2.17. The first-order valence-electron chi connectivity index (χ1n) is 11.8. The second kappa shape index (κ2) is 12.7. The van der Waals surface area contributed by atoms with Crippen molar-refractivity contribution in [2.24, 2.45) is 0 Å². The molecular weight excluding hydrogens is 593 g/mol. The molecule has 0 N–H and O–H groups in total. The molecule has 3 aromatic carbocycles. The number of carbonyl (C=O) groups is 2. The lowest BCUT2D eigenvalue weighted by Crippen LogP contribution is -2.28. The third kappa shape index (κ3) is 6.49. The van der Waals surface area contributed by atoms with E-state index in [1.807, 2.05) is 37.3 Å². The van der Waals surface area contributed by atoms with Crippen molar-refractivity contribution < 1.29 is 23.5 Å². The average molecular weight is 617 g/mol. The Hall–Kier alpha value is -3.07. The number of thioether (sulfide) groups is 1. The van der Waals surface area contributed by atoms with Gasteiger partial charge in [0.2, 0.25) is 0 Å². The molecule has 5 nitrogen and oxygen atoms in total. The van der Waals surface area contributed by atoms with E-state index in [2.05, 4.69) is 22.5 Å². The number of halogens is 3.